The van der Waals surface area contributed by atoms with Gasteiger partial charge in [0.05, 0.1) is 13.2 Å². The Morgan fingerprint density at radius 3 is 1.81 bits per heavy atom. The molecule has 0 amide bonds. The number of carbonyl (C=O) groups is 1. The van der Waals surface area contributed by atoms with E-state index < -0.39 is 12.1 Å². The van der Waals surface area contributed by atoms with Gasteiger partial charge in [0.2, 0.25) is 11.9 Å². The van der Waals surface area contributed by atoms with Crippen LogP contribution in [0.25, 0.3) is 0 Å². The molecular formula is C14H22F3N5O4. The number of carboxylic acid groups (broad SMARTS) is 1. The lowest BCUT2D eigenvalue weighted by Crippen LogP contribution is -2.21. The zero-order chi connectivity index (χ0) is 19.6. The topological polar surface area (TPSA) is 118 Å². The van der Waals surface area contributed by atoms with Crippen LogP contribution in [0.15, 0.2) is 0 Å². The molecule has 2 rings (SSSR count). The van der Waals surface area contributed by atoms with E-state index in [2.05, 4.69) is 25.6 Å². The summed E-state index contributed by atoms with van der Waals surface area (Å²) in [5, 5.41) is 13.4. The van der Waals surface area contributed by atoms with Crippen molar-refractivity contribution >= 4 is 17.9 Å². The normalized spacial score (nSPS) is 13.6. The molecule has 0 radical (unpaired) electrons. The second kappa shape index (κ2) is 10.7. The molecule has 1 aliphatic carbocycles. The van der Waals surface area contributed by atoms with E-state index in [0.717, 1.165) is 5.82 Å². The van der Waals surface area contributed by atoms with E-state index in [9.17, 15) is 13.2 Å². The van der Waals surface area contributed by atoms with E-state index in [1.807, 2.05) is 0 Å². The summed E-state index contributed by atoms with van der Waals surface area (Å²) in [6.45, 7) is 2.61. The molecule has 0 atom stereocenters. The van der Waals surface area contributed by atoms with Crippen molar-refractivity contribution in [2.75, 3.05) is 51.2 Å². The molecule has 1 aliphatic rings. The summed E-state index contributed by atoms with van der Waals surface area (Å²) < 4.78 is 41.7. The number of rotatable bonds is 9. The van der Waals surface area contributed by atoms with Crippen LogP contribution in [0.1, 0.15) is 24.6 Å². The number of aromatic nitrogens is 3. The minimum atomic E-state index is -5.08. The molecule has 0 saturated heterocycles. The Kier molecular flexibility index (Phi) is 8.99. The molecule has 1 fully saturated rings. The molecule has 0 bridgehead atoms. The fourth-order valence-electron chi connectivity index (χ4n) is 1.60. The second-order valence-electron chi connectivity index (χ2n) is 5.26. The largest absolute Gasteiger partial charge is 0.490 e. The molecule has 12 heteroatoms. The van der Waals surface area contributed by atoms with Crippen LogP contribution in [0.4, 0.5) is 25.1 Å². The van der Waals surface area contributed by atoms with Crippen molar-refractivity contribution in [2.24, 2.45) is 0 Å². The lowest BCUT2D eigenvalue weighted by atomic mass is 10.4. The Balaban J connectivity index is 0.000000412. The molecular weight excluding hydrogens is 359 g/mol. The van der Waals surface area contributed by atoms with Gasteiger partial charge in [0.15, 0.2) is 0 Å². The number of methoxy groups -OCH3 is 2. The summed E-state index contributed by atoms with van der Waals surface area (Å²) >= 11 is 0. The van der Waals surface area contributed by atoms with Crippen molar-refractivity contribution < 1.29 is 32.5 Å². The zero-order valence-electron chi connectivity index (χ0n) is 14.5. The van der Waals surface area contributed by atoms with Crippen LogP contribution >= 0.6 is 0 Å². The molecule has 9 nitrogen and oxygen atoms in total. The number of hydrogen-bond acceptors (Lipinski definition) is 8. The van der Waals surface area contributed by atoms with Crippen LogP contribution in [0, 0.1) is 0 Å². The summed E-state index contributed by atoms with van der Waals surface area (Å²) in [4.78, 5) is 22.1. The van der Waals surface area contributed by atoms with Gasteiger partial charge in [-0.1, -0.05) is 0 Å². The standard InChI is InChI=1S/C12H21N5O2.C2HF3O2/c1-18-7-5-13-11-15-10(9-3-4-9)16-12(17-11)14-6-8-19-2;3-2(4,5)1(6)7/h9H,3-8H2,1-2H3,(H2,13,14,15,16,17);(H,6,7). The predicted molar refractivity (Wildman–Crippen MR) is 86.2 cm³/mol. The SMILES string of the molecule is COCCNc1nc(NCCOC)nc(C2CC2)n1.O=C(O)C(F)(F)F. The molecule has 0 unspecified atom stereocenters. The number of nitrogens with zero attached hydrogens (tertiary/aromatic N) is 3. The molecule has 3 N–H and O–H groups in total. The number of alkyl halides is 3. The van der Waals surface area contributed by atoms with Crippen LogP contribution in [0.2, 0.25) is 0 Å². The summed E-state index contributed by atoms with van der Waals surface area (Å²) in [5.74, 6) is -0.181. The molecule has 1 aromatic heterocycles. The van der Waals surface area contributed by atoms with E-state index in [4.69, 9.17) is 19.4 Å². The number of ether oxygens (including phenoxy) is 2. The van der Waals surface area contributed by atoms with Gasteiger partial charge in [-0.3, -0.25) is 0 Å². The van der Waals surface area contributed by atoms with Crippen molar-refractivity contribution in [3.05, 3.63) is 5.82 Å². The van der Waals surface area contributed by atoms with E-state index in [1.54, 1.807) is 14.2 Å². The van der Waals surface area contributed by atoms with Gasteiger partial charge in [0, 0.05) is 33.2 Å². The fraction of sp³-hybridized carbons (Fsp3) is 0.714. The Morgan fingerprint density at radius 1 is 1.08 bits per heavy atom. The summed E-state index contributed by atoms with van der Waals surface area (Å²) in [6.07, 6.45) is -2.75. The van der Waals surface area contributed by atoms with Crippen molar-refractivity contribution in [3.8, 4) is 0 Å². The van der Waals surface area contributed by atoms with Gasteiger partial charge in [-0.2, -0.15) is 28.1 Å². The molecule has 0 aliphatic heterocycles. The quantitative estimate of drug-likeness (QED) is 0.547. The Bertz CT molecular complexity index is 542. The fourth-order valence-corrected chi connectivity index (χ4v) is 1.60. The van der Waals surface area contributed by atoms with Crippen LogP contribution in [-0.4, -0.2) is 72.7 Å². The van der Waals surface area contributed by atoms with Crippen LogP contribution < -0.4 is 10.6 Å². The zero-order valence-corrected chi connectivity index (χ0v) is 14.5. The lowest BCUT2D eigenvalue weighted by molar-refractivity contribution is -0.192. The van der Waals surface area contributed by atoms with Crippen LogP contribution in [0.5, 0.6) is 0 Å². The van der Waals surface area contributed by atoms with Gasteiger partial charge < -0.3 is 25.2 Å². The van der Waals surface area contributed by atoms with E-state index in [0.29, 0.717) is 44.1 Å². The average Bonchev–Trinajstić information content (AvgIpc) is 3.40. The molecule has 1 saturated carbocycles. The highest BCUT2D eigenvalue weighted by Crippen LogP contribution is 2.38. The highest BCUT2D eigenvalue weighted by Gasteiger charge is 2.38. The summed E-state index contributed by atoms with van der Waals surface area (Å²) in [5.41, 5.74) is 0. The summed E-state index contributed by atoms with van der Waals surface area (Å²) in [7, 11) is 3.34. The van der Waals surface area contributed by atoms with Crippen LogP contribution in [0.3, 0.4) is 0 Å². The first kappa shape index (κ1) is 21.8. The van der Waals surface area contributed by atoms with Gasteiger partial charge in [0.1, 0.15) is 5.82 Å². The maximum absolute atomic E-state index is 10.6. The first-order valence-electron chi connectivity index (χ1n) is 7.79. The third-order valence-electron chi connectivity index (χ3n) is 3.02. The lowest BCUT2D eigenvalue weighted by Gasteiger charge is -2.09. The minimum absolute atomic E-state index is 0.494. The first-order valence-corrected chi connectivity index (χ1v) is 7.79. The second-order valence-corrected chi connectivity index (χ2v) is 5.26. The van der Waals surface area contributed by atoms with Gasteiger partial charge >= 0.3 is 12.1 Å². The van der Waals surface area contributed by atoms with E-state index >= 15 is 0 Å². The molecule has 0 spiro atoms. The maximum Gasteiger partial charge on any atom is 0.490 e. The third kappa shape index (κ3) is 8.76. The average molecular weight is 381 g/mol. The Hall–Kier alpha value is -2.21. The van der Waals surface area contributed by atoms with Crippen molar-refractivity contribution in [3.63, 3.8) is 0 Å². The number of aliphatic carboxylic acids is 1. The number of carboxylic acids is 1. The van der Waals surface area contributed by atoms with Crippen LogP contribution in [-0.2, 0) is 14.3 Å². The third-order valence-corrected chi connectivity index (χ3v) is 3.02. The number of hydrogen-bond donors (Lipinski definition) is 3. The molecule has 0 aromatic carbocycles. The maximum atomic E-state index is 10.6. The number of nitrogens with one attached hydrogen (secondary N) is 2. The molecule has 1 heterocycles. The Labute approximate surface area is 148 Å². The predicted octanol–water partition coefficient (Wildman–Crippen LogP) is 1.50. The van der Waals surface area contributed by atoms with Crippen molar-refractivity contribution in [1.29, 1.82) is 0 Å². The number of anilines is 2. The van der Waals surface area contributed by atoms with Crippen molar-refractivity contribution in [2.45, 2.75) is 24.9 Å². The van der Waals surface area contributed by atoms with Gasteiger partial charge in [-0.05, 0) is 12.8 Å². The van der Waals surface area contributed by atoms with E-state index in [1.165, 1.54) is 12.8 Å². The Morgan fingerprint density at radius 2 is 1.50 bits per heavy atom. The minimum Gasteiger partial charge on any atom is -0.475 e. The smallest absolute Gasteiger partial charge is 0.475 e. The highest BCUT2D eigenvalue weighted by atomic mass is 19.4. The monoisotopic (exact) mass is 381 g/mol. The van der Waals surface area contributed by atoms with Gasteiger partial charge in [-0.15, -0.1) is 0 Å². The van der Waals surface area contributed by atoms with Crippen molar-refractivity contribution in [1.82, 2.24) is 15.0 Å². The molecule has 148 valence electrons. The molecule has 1 aromatic rings. The van der Waals surface area contributed by atoms with E-state index in [-0.39, 0.29) is 0 Å². The van der Waals surface area contributed by atoms with Gasteiger partial charge in [-0.25, -0.2) is 4.79 Å². The molecule has 26 heavy (non-hydrogen) atoms. The first-order chi connectivity index (χ1) is 12.3. The number of halogens is 3. The highest BCUT2D eigenvalue weighted by molar-refractivity contribution is 5.73. The van der Waals surface area contributed by atoms with Gasteiger partial charge in [0.25, 0.3) is 0 Å². The summed E-state index contributed by atoms with van der Waals surface area (Å²) in [6, 6.07) is 0.